The number of hydrogen-bond donors (Lipinski definition) is 1. The molecule has 1 aliphatic carbocycles. The topological polar surface area (TPSA) is 84.2 Å². The number of nitrogens with one attached hydrogen (secondary N) is 1. The number of alkyl halides is 3. The van der Waals surface area contributed by atoms with Crippen molar-refractivity contribution in [1.29, 1.82) is 0 Å². The van der Waals surface area contributed by atoms with Crippen molar-refractivity contribution >= 4 is 33.6 Å². The average molecular weight is 496 g/mol. The SMILES string of the molecule is CN1CCC[C@](F)(c2ccc3oc(-c4cnc(C(F)F)c5cnc(NC(=O)C6CC6)cc45)nc3c2)C1. The Labute approximate surface area is 204 Å². The summed E-state index contributed by atoms with van der Waals surface area (Å²) in [5.41, 5.74) is -0.0662. The predicted octanol–water partition coefficient (Wildman–Crippen LogP) is 5.61. The number of amides is 1. The number of rotatable bonds is 5. The highest BCUT2D eigenvalue weighted by Crippen LogP contribution is 2.39. The highest BCUT2D eigenvalue weighted by molar-refractivity contribution is 6.00. The number of halogens is 3. The molecule has 4 aromatic rings. The molecule has 0 radical (unpaired) electrons. The van der Waals surface area contributed by atoms with Crippen molar-refractivity contribution in [2.24, 2.45) is 5.92 Å². The summed E-state index contributed by atoms with van der Waals surface area (Å²) < 4.78 is 49.0. The molecule has 1 saturated carbocycles. The van der Waals surface area contributed by atoms with E-state index in [9.17, 15) is 13.6 Å². The number of nitrogens with zero attached hydrogens (tertiary/aromatic N) is 4. The van der Waals surface area contributed by atoms with E-state index in [1.165, 1.54) is 18.5 Å². The van der Waals surface area contributed by atoms with E-state index in [0.717, 1.165) is 25.8 Å². The number of fused-ring (bicyclic) bond motifs is 2. The zero-order valence-corrected chi connectivity index (χ0v) is 19.6. The van der Waals surface area contributed by atoms with Crippen LogP contribution in [0.25, 0.3) is 33.3 Å². The van der Waals surface area contributed by atoms with E-state index in [0.29, 0.717) is 40.6 Å². The van der Waals surface area contributed by atoms with Gasteiger partial charge in [-0.3, -0.25) is 9.78 Å². The van der Waals surface area contributed by atoms with E-state index in [4.69, 9.17) is 4.42 Å². The van der Waals surface area contributed by atoms with Crippen molar-refractivity contribution < 1.29 is 22.4 Å². The molecular formula is C26H24F3N5O2. The van der Waals surface area contributed by atoms with Crippen LogP contribution in [0, 0.1) is 5.92 Å². The first-order valence-corrected chi connectivity index (χ1v) is 12.0. The molecule has 0 spiro atoms. The Morgan fingerprint density at radius 1 is 1.19 bits per heavy atom. The molecule has 4 heterocycles. The van der Waals surface area contributed by atoms with Gasteiger partial charge in [0.15, 0.2) is 5.58 Å². The fraction of sp³-hybridized carbons (Fsp3) is 0.385. The van der Waals surface area contributed by atoms with Crippen molar-refractivity contribution in [1.82, 2.24) is 19.9 Å². The van der Waals surface area contributed by atoms with Crippen molar-refractivity contribution in [3.05, 3.63) is 47.9 Å². The van der Waals surface area contributed by atoms with Gasteiger partial charge in [-0.05, 0) is 63.0 Å². The average Bonchev–Trinajstić information content (AvgIpc) is 3.62. The number of anilines is 1. The van der Waals surface area contributed by atoms with E-state index in [-0.39, 0.29) is 28.9 Å². The fourth-order valence-electron chi connectivity index (χ4n) is 4.91. The molecule has 36 heavy (non-hydrogen) atoms. The number of aromatic nitrogens is 3. The largest absolute Gasteiger partial charge is 0.436 e. The summed E-state index contributed by atoms with van der Waals surface area (Å²) in [6.45, 7) is 1.16. The van der Waals surface area contributed by atoms with Crippen LogP contribution in [0.15, 0.2) is 41.1 Å². The molecule has 1 amide bonds. The first kappa shape index (κ1) is 22.9. The summed E-state index contributed by atoms with van der Waals surface area (Å²) >= 11 is 0. The minimum Gasteiger partial charge on any atom is -0.436 e. The molecule has 1 aromatic carbocycles. The third-order valence-electron chi connectivity index (χ3n) is 6.98. The van der Waals surface area contributed by atoms with Crippen molar-refractivity contribution in [3.8, 4) is 11.5 Å². The minimum atomic E-state index is -2.81. The number of likely N-dealkylation sites (tertiary alicyclic amines) is 1. The Balaban J connectivity index is 1.43. The Bertz CT molecular complexity index is 1490. The molecule has 0 unspecified atom stereocenters. The molecule has 2 aliphatic rings. The maximum atomic E-state index is 15.7. The predicted molar refractivity (Wildman–Crippen MR) is 128 cm³/mol. The lowest BCUT2D eigenvalue weighted by Crippen LogP contribution is -2.41. The third kappa shape index (κ3) is 4.09. The number of carbonyl (C=O) groups is 1. The third-order valence-corrected chi connectivity index (χ3v) is 6.98. The summed E-state index contributed by atoms with van der Waals surface area (Å²) in [6.07, 6.45) is 2.60. The number of oxazole rings is 1. The quantitative estimate of drug-likeness (QED) is 0.387. The normalized spacial score (nSPS) is 20.9. The molecule has 1 saturated heterocycles. The van der Waals surface area contributed by atoms with Crippen LogP contribution in [0.1, 0.15) is 43.4 Å². The van der Waals surface area contributed by atoms with Gasteiger partial charge in [-0.15, -0.1) is 0 Å². The number of hydrogen-bond acceptors (Lipinski definition) is 6. The van der Waals surface area contributed by atoms with Crippen LogP contribution < -0.4 is 5.32 Å². The summed E-state index contributed by atoms with van der Waals surface area (Å²) in [4.78, 5) is 26.9. The second-order valence-corrected chi connectivity index (χ2v) is 9.74. The van der Waals surface area contributed by atoms with Gasteiger partial charge in [-0.2, -0.15) is 0 Å². The smallest absolute Gasteiger partial charge is 0.281 e. The first-order valence-electron chi connectivity index (χ1n) is 12.0. The van der Waals surface area contributed by atoms with Crippen LogP contribution in [0.5, 0.6) is 0 Å². The lowest BCUT2D eigenvalue weighted by molar-refractivity contribution is -0.117. The van der Waals surface area contributed by atoms with Crippen molar-refractivity contribution in [3.63, 3.8) is 0 Å². The van der Waals surface area contributed by atoms with Gasteiger partial charge < -0.3 is 14.6 Å². The molecule has 1 atom stereocenters. The summed E-state index contributed by atoms with van der Waals surface area (Å²) in [6, 6.07) is 6.62. The molecule has 0 bridgehead atoms. The van der Waals surface area contributed by atoms with Gasteiger partial charge in [0.25, 0.3) is 6.43 Å². The number of likely N-dealkylation sites (N-methyl/N-ethyl adjacent to an activating group) is 1. The number of benzene rings is 1. The maximum absolute atomic E-state index is 15.7. The monoisotopic (exact) mass is 495 g/mol. The second kappa shape index (κ2) is 8.55. The van der Waals surface area contributed by atoms with E-state index >= 15 is 4.39 Å². The van der Waals surface area contributed by atoms with Gasteiger partial charge in [0.1, 0.15) is 22.7 Å². The lowest BCUT2D eigenvalue weighted by Gasteiger charge is -2.35. The lowest BCUT2D eigenvalue weighted by atomic mass is 9.87. The van der Waals surface area contributed by atoms with Gasteiger partial charge in [0.2, 0.25) is 11.8 Å². The molecule has 6 rings (SSSR count). The Morgan fingerprint density at radius 2 is 2.03 bits per heavy atom. The van der Waals surface area contributed by atoms with Crippen LogP contribution in [0.3, 0.4) is 0 Å². The van der Waals surface area contributed by atoms with Crippen LogP contribution in [-0.4, -0.2) is 45.9 Å². The highest BCUT2D eigenvalue weighted by Gasteiger charge is 2.36. The molecular weight excluding hydrogens is 471 g/mol. The fourth-order valence-corrected chi connectivity index (χ4v) is 4.91. The molecule has 1 N–H and O–H groups in total. The van der Waals surface area contributed by atoms with Crippen molar-refractivity contribution in [2.45, 2.75) is 37.8 Å². The second-order valence-electron chi connectivity index (χ2n) is 9.74. The van der Waals surface area contributed by atoms with Crippen molar-refractivity contribution in [2.75, 3.05) is 25.5 Å². The van der Waals surface area contributed by atoms with E-state index in [1.54, 1.807) is 18.2 Å². The van der Waals surface area contributed by atoms with E-state index < -0.39 is 17.8 Å². The van der Waals surface area contributed by atoms with E-state index in [2.05, 4.69) is 20.3 Å². The molecule has 186 valence electrons. The van der Waals surface area contributed by atoms with Gasteiger partial charge in [-0.25, -0.2) is 23.1 Å². The van der Waals surface area contributed by atoms with Crippen LogP contribution in [0.2, 0.25) is 0 Å². The van der Waals surface area contributed by atoms with Crippen LogP contribution >= 0.6 is 0 Å². The minimum absolute atomic E-state index is 0.0370. The first-order chi connectivity index (χ1) is 17.3. The van der Waals surface area contributed by atoms with Gasteiger partial charge in [0, 0.05) is 35.6 Å². The molecule has 3 aromatic heterocycles. The zero-order chi connectivity index (χ0) is 25.0. The number of carbonyl (C=O) groups excluding carboxylic acids is 1. The Kier molecular flexibility index (Phi) is 5.44. The van der Waals surface area contributed by atoms with Gasteiger partial charge in [0.05, 0.1) is 5.56 Å². The van der Waals surface area contributed by atoms with Crippen LogP contribution in [0.4, 0.5) is 19.0 Å². The summed E-state index contributed by atoms with van der Waals surface area (Å²) in [5, 5.41) is 3.27. The summed E-state index contributed by atoms with van der Waals surface area (Å²) in [7, 11) is 1.90. The van der Waals surface area contributed by atoms with E-state index in [1.807, 2.05) is 11.9 Å². The Hall–Kier alpha value is -3.53. The van der Waals surface area contributed by atoms with Gasteiger partial charge in [-0.1, -0.05) is 6.07 Å². The van der Waals surface area contributed by atoms with Crippen LogP contribution in [-0.2, 0) is 10.5 Å². The molecule has 7 nitrogen and oxygen atoms in total. The van der Waals surface area contributed by atoms with Gasteiger partial charge >= 0.3 is 0 Å². The zero-order valence-electron chi connectivity index (χ0n) is 19.6. The standard InChI is InChI=1S/C26H24F3N5O2/c1-34-8-2-7-26(29,13-34)15-5-6-20-19(9-15)32-25(36-20)18-12-31-22(23(27)28)17-11-30-21(10-16(17)18)33-24(35)14-3-4-14/h5-6,9-12,14,23H,2-4,7-8,13H2,1H3,(H,30,33,35)/t26-/m1/s1. The molecule has 2 fully saturated rings. The molecule has 10 heteroatoms. The number of pyridine rings is 2. The highest BCUT2D eigenvalue weighted by atomic mass is 19.3. The molecule has 1 aliphatic heterocycles. The summed E-state index contributed by atoms with van der Waals surface area (Å²) in [5.74, 6) is 0.241. The maximum Gasteiger partial charge on any atom is 0.281 e. The Morgan fingerprint density at radius 3 is 2.78 bits per heavy atom. The number of piperidine rings is 1.